The van der Waals surface area contributed by atoms with Crippen LogP contribution in [-0.4, -0.2) is 51.1 Å². The van der Waals surface area contributed by atoms with E-state index in [1.165, 1.54) is 35.5 Å². The van der Waals surface area contributed by atoms with Crippen LogP contribution in [0, 0.1) is 0 Å². The molecule has 0 aliphatic carbocycles. The number of carbonyl (C=O) groups is 1. The Kier molecular flexibility index (Phi) is 6.95. The lowest BCUT2D eigenvalue weighted by Gasteiger charge is -2.18. The molecule has 1 amide bonds. The van der Waals surface area contributed by atoms with Crippen molar-refractivity contribution in [1.29, 1.82) is 0 Å². The molecule has 1 N–H and O–H groups in total. The van der Waals surface area contributed by atoms with Gasteiger partial charge in [0.05, 0.1) is 52.0 Å². The van der Waals surface area contributed by atoms with E-state index in [-0.39, 0.29) is 17.1 Å². The van der Waals surface area contributed by atoms with E-state index in [1.54, 1.807) is 54.6 Å². The Morgan fingerprint density at radius 3 is 2.08 bits per heavy atom. The lowest BCUT2D eigenvalue weighted by atomic mass is 10.1. The third-order valence-electron chi connectivity index (χ3n) is 5.57. The number of methoxy groups -OCH3 is 5. The number of fused-ring (bicyclic) bond motifs is 1. The highest BCUT2D eigenvalue weighted by molar-refractivity contribution is 6.03. The molecule has 0 aliphatic rings. The van der Waals surface area contributed by atoms with Crippen molar-refractivity contribution in [3.63, 3.8) is 0 Å². The quantitative estimate of drug-likeness (QED) is 0.399. The van der Waals surface area contributed by atoms with E-state index in [1.807, 2.05) is 0 Å². The summed E-state index contributed by atoms with van der Waals surface area (Å²) >= 11 is 0. The number of hydrogen-bond acceptors (Lipinski definition) is 8. The predicted molar refractivity (Wildman–Crippen MR) is 134 cm³/mol. The first-order valence-corrected chi connectivity index (χ1v) is 10.8. The van der Waals surface area contributed by atoms with Crippen LogP contribution in [0.4, 0.5) is 0 Å². The van der Waals surface area contributed by atoms with E-state index < -0.39 is 11.5 Å². The van der Waals surface area contributed by atoms with Gasteiger partial charge in [-0.25, -0.2) is 4.98 Å². The van der Waals surface area contributed by atoms with E-state index in [9.17, 15) is 9.59 Å². The van der Waals surface area contributed by atoms with E-state index >= 15 is 0 Å². The minimum Gasteiger partial charge on any atom is -0.497 e. The number of para-hydroxylation sites is 1. The second-order valence-electron chi connectivity index (χ2n) is 7.51. The van der Waals surface area contributed by atoms with E-state index in [0.717, 1.165) is 4.68 Å². The summed E-state index contributed by atoms with van der Waals surface area (Å²) < 4.78 is 28.0. The smallest absolute Gasteiger partial charge is 0.280 e. The fraction of sp³-hybridized carbons (Fsp3) is 0.192. The molecule has 0 aliphatic heterocycles. The van der Waals surface area contributed by atoms with Crippen molar-refractivity contribution in [2.75, 3.05) is 41.0 Å². The number of carbonyl (C=O) groups excluding carboxylic acids is 1. The van der Waals surface area contributed by atoms with Gasteiger partial charge >= 0.3 is 0 Å². The second-order valence-corrected chi connectivity index (χ2v) is 7.51. The summed E-state index contributed by atoms with van der Waals surface area (Å²) in [4.78, 5) is 31.5. The number of nitrogens with one attached hydrogen (secondary N) is 1. The molecule has 36 heavy (non-hydrogen) atoms. The molecule has 0 atom stereocenters. The van der Waals surface area contributed by atoms with Crippen molar-refractivity contribution >= 4 is 16.8 Å². The van der Waals surface area contributed by atoms with Crippen molar-refractivity contribution in [3.05, 3.63) is 70.5 Å². The van der Waals surface area contributed by atoms with Gasteiger partial charge in [0.1, 0.15) is 11.5 Å². The summed E-state index contributed by atoms with van der Waals surface area (Å²) in [6.45, 7) is 0. The molecule has 0 unspecified atom stereocenters. The van der Waals surface area contributed by atoms with Gasteiger partial charge in [-0.05, 0) is 36.4 Å². The monoisotopic (exact) mass is 491 g/mol. The molecule has 0 radical (unpaired) electrons. The van der Waals surface area contributed by atoms with Gasteiger partial charge in [0.2, 0.25) is 5.75 Å². The van der Waals surface area contributed by atoms with Gasteiger partial charge in [-0.3, -0.25) is 15.0 Å². The Hall–Kier alpha value is -4.73. The van der Waals surface area contributed by atoms with Gasteiger partial charge in [-0.15, -0.1) is 0 Å². The van der Waals surface area contributed by atoms with E-state index in [2.05, 4.69) is 10.4 Å². The Morgan fingerprint density at radius 2 is 1.47 bits per heavy atom. The van der Waals surface area contributed by atoms with Crippen LogP contribution in [0.3, 0.4) is 0 Å². The maximum Gasteiger partial charge on any atom is 0.280 e. The molecule has 4 aromatic rings. The largest absolute Gasteiger partial charge is 0.497 e. The summed E-state index contributed by atoms with van der Waals surface area (Å²) in [5, 5.41) is 0.329. The SMILES string of the molecule is COc1ccc(C(=O)Nn2c(-c3cc(OC)c(OC)c(OC)c3)nc3ccccc3c2=O)c(OC)c1. The molecule has 3 aromatic carbocycles. The normalized spacial score (nSPS) is 10.6. The fourth-order valence-electron chi connectivity index (χ4n) is 3.79. The Labute approximate surface area is 206 Å². The Morgan fingerprint density at radius 1 is 0.806 bits per heavy atom. The standard InChI is InChI=1S/C26H25N3O7/c1-32-16-10-11-18(20(14-16)33-2)25(30)28-29-24(27-19-9-7-6-8-17(19)26(29)31)15-12-21(34-3)23(36-5)22(13-15)35-4/h6-14H,1-5H3,(H,28,30). The summed E-state index contributed by atoms with van der Waals surface area (Å²) in [7, 11) is 7.42. The van der Waals surface area contributed by atoms with Crippen molar-refractivity contribution in [2.45, 2.75) is 0 Å². The number of rotatable bonds is 8. The first-order valence-electron chi connectivity index (χ1n) is 10.8. The number of ether oxygens (including phenoxy) is 5. The van der Waals surface area contributed by atoms with Gasteiger partial charge in [0.15, 0.2) is 17.3 Å². The molecule has 1 aromatic heterocycles. The van der Waals surface area contributed by atoms with E-state index in [0.29, 0.717) is 39.5 Å². The van der Waals surface area contributed by atoms with Crippen LogP contribution in [-0.2, 0) is 0 Å². The minimum atomic E-state index is -0.581. The fourth-order valence-corrected chi connectivity index (χ4v) is 3.79. The topological polar surface area (TPSA) is 110 Å². The summed E-state index contributed by atoms with van der Waals surface area (Å²) in [5.74, 6) is 1.49. The molecular formula is C26H25N3O7. The lowest BCUT2D eigenvalue weighted by Crippen LogP contribution is -2.35. The number of amides is 1. The maximum absolute atomic E-state index is 13.5. The number of benzene rings is 3. The number of aromatic nitrogens is 2. The predicted octanol–water partition coefficient (Wildman–Crippen LogP) is 3.49. The summed E-state index contributed by atoms with van der Waals surface area (Å²) in [5.41, 5.74) is 3.32. The third-order valence-corrected chi connectivity index (χ3v) is 5.57. The van der Waals surface area contributed by atoms with Crippen LogP contribution >= 0.6 is 0 Å². The second kappa shape index (κ2) is 10.3. The number of nitrogens with zero attached hydrogens (tertiary/aromatic N) is 2. The zero-order valence-corrected chi connectivity index (χ0v) is 20.4. The maximum atomic E-state index is 13.5. The van der Waals surface area contributed by atoms with Crippen LogP contribution in [0.1, 0.15) is 10.4 Å². The van der Waals surface area contributed by atoms with Gasteiger partial charge in [-0.2, -0.15) is 4.68 Å². The average molecular weight is 492 g/mol. The molecule has 4 rings (SSSR count). The zero-order valence-electron chi connectivity index (χ0n) is 20.4. The lowest BCUT2D eigenvalue weighted by molar-refractivity contribution is 0.100. The first-order chi connectivity index (χ1) is 17.4. The van der Waals surface area contributed by atoms with E-state index in [4.69, 9.17) is 23.7 Å². The minimum absolute atomic E-state index is 0.166. The molecule has 10 nitrogen and oxygen atoms in total. The molecule has 0 saturated carbocycles. The highest BCUT2D eigenvalue weighted by Gasteiger charge is 2.21. The van der Waals surface area contributed by atoms with Crippen LogP contribution in [0.2, 0.25) is 0 Å². The van der Waals surface area contributed by atoms with Gasteiger partial charge < -0.3 is 23.7 Å². The highest BCUT2D eigenvalue weighted by Crippen LogP contribution is 2.40. The van der Waals surface area contributed by atoms with Crippen LogP contribution < -0.4 is 34.7 Å². The van der Waals surface area contributed by atoms with Crippen molar-refractivity contribution in [1.82, 2.24) is 9.66 Å². The van der Waals surface area contributed by atoms with Crippen molar-refractivity contribution in [3.8, 4) is 40.1 Å². The number of hydrogen-bond donors (Lipinski definition) is 1. The Bertz CT molecular complexity index is 1470. The average Bonchev–Trinajstić information content (AvgIpc) is 2.92. The van der Waals surface area contributed by atoms with Gasteiger partial charge in [-0.1, -0.05) is 12.1 Å². The molecule has 0 spiro atoms. The summed E-state index contributed by atoms with van der Waals surface area (Å²) in [6.07, 6.45) is 0. The molecule has 186 valence electrons. The first kappa shape index (κ1) is 24.4. The molecule has 0 bridgehead atoms. The highest BCUT2D eigenvalue weighted by atomic mass is 16.5. The molecule has 10 heteroatoms. The van der Waals surface area contributed by atoms with Crippen molar-refractivity contribution in [2.24, 2.45) is 0 Å². The molecule has 0 fully saturated rings. The molecule has 1 heterocycles. The summed E-state index contributed by atoms with van der Waals surface area (Å²) in [6, 6.07) is 14.9. The van der Waals surface area contributed by atoms with Crippen LogP contribution in [0.25, 0.3) is 22.3 Å². The zero-order chi connectivity index (χ0) is 25.8. The van der Waals surface area contributed by atoms with Gasteiger partial charge in [0.25, 0.3) is 11.5 Å². The molecular weight excluding hydrogens is 466 g/mol. The third kappa shape index (κ3) is 4.36. The van der Waals surface area contributed by atoms with Crippen LogP contribution in [0.15, 0.2) is 59.4 Å². The van der Waals surface area contributed by atoms with Gasteiger partial charge in [0, 0.05) is 11.6 Å². The molecule has 0 saturated heterocycles. The van der Waals surface area contributed by atoms with Crippen molar-refractivity contribution < 1.29 is 28.5 Å². The van der Waals surface area contributed by atoms with Crippen LogP contribution in [0.5, 0.6) is 28.7 Å². The Balaban J connectivity index is 1.92.